The van der Waals surface area contributed by atoms with Crippen molar-refractivity contribution in [3.63, 3.8) is 0 Å². The van der Waals surface area contributed by atoms with E-state index in [9.17, 15) is 9.59 Å². The Balaban J connectivity index is 1.44. The van der Waals surface area contributed by atoms with Gasteiger partial charge in [0.25, 0.3) is 5.91 Å². The first-order valence-corrected chi connectivity index (χ1v) is 9.86. The predicted octanol–water partition coefficient (Wildman–Crippen LogP) is 1.88. The third-order valence-corrected chi connectivity index (χ3v) is 5.69. The summed E-state index contributed by atoms with van der Waals surface area (Å²) in [5.74, 6) is -0.0459. The minimum atomic E-state index is -0.647. The van der Waals surface area contributed by atoms with Gasteiger partial charge in [0.15, 0.2) is 5.69 Å². The smallest absolute Gasteiger partial charge is 0.273 e. The fraction of sp³-hybridized carbons (Fsp3) is 0.318. The van der Waals surface area contributed by atoms with E-state index >= 15 is 0 Å². The van der Waals surface area contributed by atoms with Gasteiger partial charge in [-0.2, -0.15) is 5.10 Å². The quantitative estimate of drug-likeness (QED) is 0.618. The molecular weight excluding hydrogens is 366 g/mol. The standard InChI is InChI=1S/C22H25N5O2/c1-14(24-21(28)20-17-9-5-6-10-19(17)25-26-20)22(29)27-12-16(11-23)18(13-27)15-7-3-2-4-8-15/h2-10,14,16,18H,11-13,23H2,1H3,(H,24,28)(H,25,26)/t14?,16-,18+/m1/s1. The highest BCUT2D eigenvalue weighted by atomic mass is 16.2. The van der Waals surface area contributed by atoms with Crippen LogP contribution in [-0.4, -0.2) is 52.6 Å². The lowest BCUT2D eigenvalue weighted by Crippen LogP contribution is -2.46. The number of amides is 2. The first kappa shape index (κ1) is 19.1. The highest BCUT2D eigenvalue weighted by Crippen LogP contribution is 2.32. The average Bonchev–Trinajstić information content (AvgIpc) is 3.38. The molecule has 3 atom stereocenters. The maximum Gasteiger partial charge on any atom is 0.273 e. The Morgan fingerprint density at radius 1 is 1.17 bits per heavy atom. The van der Waals surface area contributed by atoms with Crippen molar-refractivity contribution in [2.45, 2.75) is 18.9 Å². The van der Waals surface area contributed by atoms with Gasteiger partial charge < -0.3 is 16.0 Å². The number of nitrogens with two attached hydrogens (primary N) is 1. The van der Waals surface area contributed by atoms with Crippen molar-refractivity contribution in [1.29, 1.82) is 0 Å². The Morgan fingerprint density at radius 3 is 2.66 bits per heavy atom. The maximum atomic E-state index is 13.0. The van der Waals surface area contributed by atoms with Crippen molar-refractivity contribution in [3.8, 4) is 0 Å². The molecule has 1 unspecified atom stereocenters. The average molecular weight is 391 g/mol. The number of rotatable bonds is 5. The first-order chi connectivity index (χ1) is 14.1. The van der Waals surface area contributed by atoms with E-state index in [2.05, 4.69) is 27.6 Å². The summed E-state index contributed by atoms with van der Waals surface area (Å²) in [6.07, 6.45) is 0. The van der Waals surface area contributed by atoms with Crippen LogP contribution in [0.5, 0.6) is 0 Å². The van der Waals surface area contributed by atoms with Crippen LogP contribution in [0.2, 0.25) is 0 Å². The van der Waals surface area contributed by atoms with Crippen LogP contribution in [-0.2, 0) is 4.79 Å². The highest BCUT2D eigenvalue weighted by molar-refractivity contribution is 6.05. The second kappa shape index (κ2) is 8.05. The van der Waals surface area contributed by atoms with Gasteiger partial charge in [-0.05, 0) is 31.0 Å². The topological polar surface area (TPSA) is 104 Å². The zero-order valence-electron chi connectivity index (χ0n) is 16.3. The third-order valence-electron chi connectivity index (χ3n) is 5.69. The first-order valence-electron chi connectivity index (χ1n) is 9.86. The van der Waals surface area contributed by atoms with E-state index in [0.717, 1.165) is 10.9 Å². The van der Waals surface area contributed by atoms with Crippen LogP contribution in [0.4, 0.5) is 0 Å². The molecule has 150 valence electrons. The number of nitrogens with one attached hydrogen (secondary N) is 2. The lowest BCUT2D eigenvalue weighted by molar-refractivity contribution is -0.131. The summed E-state index contributed by atoms with van der Waals surface area (Å²) in [7, 11) is 0. The molecular formula is C22H25N5O2. The Bertz CT molecular complexity index is 1020. The van der Waals surface area contributed by atoms with Crippen molar-refractivity contribution in [1.82, 2.24) is 20.4 Å². The molecule has 29 heavy (non-hydrogen) atoms. The number of aromatic nitrogens is 2. The number of carbonyl (C=O) groups is 2. The second-order valence-electron chi connectivity index (χ2n) is 7.57. The zero-order chi connectivity index (χ0) is 20.4. The molecule has 7 nitrogen and oxygen atoms in total. The maximum absolute atomic E-state index is 13.0. The van der Waals surface area contributed by atoms with E-state index in [0.29, 0.717) is 25.3 Å². The molecule has 0 aliphatic carbocycles. The molecule has 1 saturated heterocycles. The van der Waals surface area contributed by atoms with Crippen LogP contribution >= 0.6 is 0 Å². The second-order valence-corrected chi connectivity index (χ2v) is 7.57. The zero-order valence-corrected chi connectivity index (χ0v) is 16.3. The lowest BCUT2D eigenvalue weighted by Gasteiger charge is -2.21. The van der Waals surface area contributed by atoms with Gasteiger partial charge in [-0.25, -0.2) is 0 Å². The number of hydrogen-bond acceptors (Lipinski definition) is 4. The molecule has 2 heterocycles. The van der Waals surface area contributed by atoms with E-state index < -0.39 is 6.04 Å². The minimum Gasteiger partial charge on any atom is -0.340 e. The fourth-order valence-corrected chi connectivity index (χ4v) is 4.11. The number of H-pyrrole nitrogens is 1. The molecule has 1 fully saturated rings. The van der Waals surface area contributed by atoms with E-state index in [4.69, 9.17) is 5.73 Å². The van der Waals surface area contributed by atoms with Gasteiger partial charge in [-0.3, -0.25) is 14.7 Å². The molecule has 3 aromatic rings. The molecule has 0 spiro atoms. The van der Waals surface area contributed by atoms with Gasteiger partial charge >= 0.3 is 0 Å². The number of nitrogens with zero attached hydrogens (tertiary/aromatic N) is 2. The number of fused-ring (bicyclic) bond motifs is 1. The molecule has 2 amide bonds. The van der Waals surface area contributed by atoms with Crippen LogP contribution in [0.3, 0.4) is 0 Å². The molecule has 0 saturated carbocycles. The molecule has 4 rings (SSSR count). The van der Waals surface area contributed by atoms with Gasteiger partial charge in [0.05, 0.1) is 5.52 Å². The van der Waals surface area contributed by atoms with Crippen LogP contribution in [0.25, 0.3) is 10.9 Å². The summed E-state index contributed by atoms with van der Waals surface area (Å²) in [6.45, 7) is 3.43. The van der Waals surface area contributed by atoms with Gasteiger partial charge in [0, 0.05) is 24.4 Å². The van der Waals surface area contributed by atoms with Crippen LogP contribution < -0.4 is 11.1 Å². The van der Waals surface area contributed by atoms with Gasteiger partial charge in [0.1, 0.15) is 6.04 Å². The molecule has 0 bridgehead atoms. The molecule has 1 aliphatic heterocycles. The van der Waals surface area contributed by atoms with Crippen molar-refractivity contribution >= 4 is 22.7 Å². The van der Waals surface area contributed by atoms with E-state index in [-0.39, 0.29) is 23.7 Å². The van der Waals surface area contributed by atoms with E-state index in [1.165, 1.54) is 5.56 Å². The van der Waals surface area contributed by atoms with Crippen molar-refractivity contribution in [2.75, 3.05) is 19.6 Å². The van der Waals surface area contributed by atoms with Crippen LogP contribution in [0.1, 0.15) is 28.9 Å². The molecule has 4 N–H and O–H groups in total. The summed E-state index contributed by atoms with van der Waals surface area (Å²) in [5, 5.41) is 10.5. The minimum absolute atomic E-state index is 0.102. The summed E-state index contributed by atoms with van der Waals surface area (Å²) >= 11 is 0. The summed E-state index contributed by atoms with van der Waals surface area (Å²) in [4.78, 5) is 27.5. The van der Waals surface area contributed by atoms with Crippen molar-refractivity contribution < 1.29 is 9.59 Å². The Labute approximate surface area is 169 Å². The Kier molecular flexibility index (Phi) is 5.31. The van der Waals surface area contributed by atoms with Crippen molar-refractivity contribution in [2.24, 2.45) is 11.7 Å². The summed E-state index contributed by atoms with van der Waals surface area (Å²) in [5.41, 5.74) is 8.25. The molecule has 1 aliphatic rings. The third kappa shape index (κ3) is 3.73. The van der Waals surface area contributed by atoms with Crippen molar-refractivity contribution in [3.05, 3.63) is 65.9 Å². The van der Waals surface area contributed by atoms with Gasteiger partial charge in [-0.1, -0.05) is 48.5 Å². The largest absolute Gasteiger partial charge is 0.340 e. The molecule has 0 radical (unpaired) electrons. The number of hydrogen-bond donors (Lipinski definition) is 3. The SMILES string of the molecule is CC(NC(=O)c1n[nH]c2ccccc12)C(=O)N1C[C@@H](CN)[C@H](c2ccccc2)C1. The number of aromatic amines is 1. The predicted molar refractivity (Wildman–Crippen MR) is 111 cm³/mol. The molecule has 2 aromatic carbocycles. The summed E-state index contributed by atoms with van der Waals surface area (Å²) in [6, 6.07) is 16.9. The Hall–Kier alpha value is -3.19. The Morgan fingerprint density at radius 2 is 1.90 bits per heavy atom. The van der Waals surface area contributed by atoms with E-state index in [1.807, 2.05) is 47.4 Å². The van der Waals surface area contributed by atoms with E-state index in [1.54, 1.807) is 6.92 Å². The number of benzene rings is 2. The fourth-order valence-electron chi connectivity index (χ4n) is 4.11. The lowest BCUT2D eigenvalue weighted by atomic mass is 9.89. The van der Waals surface area contributed by atoms with Gasteiger partial charge in [0.2, 0.25) is 5.91 Å². The van der Waals surface area contributed by atoms with Crippen LogP contribution in [0.15, 0.2) is 54.6 Å². The van der Waals surface area contributed by atoms with Crippen LogP contribution in [0, 0.1) is 5.92 Å². The number of carbonyl (C=O) groups excluding carboxylic acids is 2. The monoisotopic (exact) mass is 391 g/mol. The normalized spacial score (nSPS) is 20.0. The highest BCUT2D eigenvalue weighted by Gasteiger charge is 2.37. The summed E-state index contributed by atoms with van der Waals surface area (Å²) < 4.78 is 0. The number of para-hydroxylation sites is 1. The van der Waals surface area contributed by atoms with Gasteiger partial charge in [-0.15, -0.1) is 0 Å². The molecule has 1 aromatic heterocycles. The molecule has 7 heteroatoms. The number of likely N-dealkylation sites (tertiary alicyclic amines) is 1.